The largest absolute Gasteiger partial charge is 0.371 e. The van der Waals surface area contributed by atoms with Crippen molar-refractivity contribution in [2.45, 2.75) is 38.1 Å². The van der Waals surface area contributed by atoms with Gasteiger partial charge in [-0.15, -0.1) is 0 Å². The Balaban J connectivity index is 1.54. The molecule has 1 N–H and O–H groups in total. The van der Waals surface area contributed by atoms with Crippen LogP contribution in [0.5, 0.6) is 0 Å². The molecule has 98 valence electrons. The number of hydrogen-bond donors (Lipinski definition) is 1. The Bertz CT molecular complexity index is 413. The number of hydrogen-bond acceptors (Lipinski definition) is 2. The molecule has 0 spiro atoms. The van der Waals surface area contributed by atoms with E-state index in [0.29, 0.717) is 0 Å². The SMILES string of the molecule is Fc1ccc2c(c1)N(CCCC1CCCN1)CC2. The summed E-state index contributed by atoms with van der Waals surface area (Å²) in [7, 11) is 0. The van der Waals surface area contributed by atoms with Crippen molar-refractivity contribution in [3.8, 4) is 0 Å². The molecule has 2 heterocycles. The lowest BCUT2D eigenvalue weighted by Gasteiger charge is -2.20. The number of nitrogens with one attached hydrogen (secondary N) is 1. The lowest BCUT2D eigenvalue weighted by molar-refractivity contribution is 0.534. The van der Waals surface area contributed by atoms with Gasteiger partial charge in [0.15, 0.2) is 0 Å². The van der Waals surface area contributed by atoms with Gasteiger partial charge in [0.1, 0.15) is 5.82 Å². The molecule has 3 heteroatoms. The molecule has 18 heavy (non-hydrogen) atoms. The zero-order valence-corrected chi connectivity index (χ0v) is 10.8. The molecule has 1 fully saturated rings. The van der Waals surface area contributed by atoms with Crippen LogP contribution >= 0.6 is 0 Å². The minimum absolute atomic E-state index is 0.113. The highest BCUT2D eigenvalue weighted by Crippen LogP contribution is 2.29. The van der Waals surface area contributed by atoms with Crippen molar-refractivity contribution in [1.82, 2.24) is 5.32 Å². The average molecular weight is 248 g/mol. The quantitative estimate of drug-likeness (QED) is 0.881. The highest BCUT2D eigenvalue weighted by molar-refractivity contribution is 5.58. The van der Waals surface area contributed by atoms with E-state index in [1.54, 1.807) is 12.1 Å². The number of nitrogens with zero attached hydrogens (tertiary/aromatic N) is 1. The van der Waals surface area contributed by atoms with Gasteiger partial charge < -0.3 is 10.2 Å². The topological polar surface area (TPSA) is 15.3 Å². The van der Waals surface area contributed by atoms with E-state index in [0.717, 1.165) is 31.2 Å². The fraction of sp³-hybridized carbons (Fsp3) is 0.600. The van der Waals surface area contributed by atoms with E-state index in [1.165, 1.54) is 37.8 Å². The van der Waals surface area contributed by atoms with Crippen molar-refractivity contribution < 1.29 is 4.39 Å². The Hall–Kier alpha value is -1.09. The smallest absolute Gasteiger partial charge is 0.125 e. The summed E-state index contributed by atoms with van der Waals surface area (Å²) >= 11 is 0. The predicted molar refractivity (Wildman–Crippen MR) is 72.6 cm³/mol. The molecule has 1 aromatic rings. The van der Waals surface area contributed by atoms with Crippen LogP contribution in [-0.4, -0.2) is 25.7 Å². The molecule has 0 radical (unpaired) electrons. The summed E-state index contributed by atoms with van der Waals surface area (Å²) in [5.41, 5.74) is 2.42. The van der Waals surface area contributed by atoms with E-state index >= 15 is 0 Å². The van der Waals surface area contributed by atoms with Crippen LogP contribution in [-0.2, 0) is 6.42 Å². The Kier molecular flexibility index (Phi) is 3.50. The summed E-state index contributed by atoms with van der Waals surface area (Å²) in [6.07, 6.45) is 6.17. The van der Waals surface area contributed by atoms with Crippen LogP contribution in [0, 0.1) is 5.82 Å². The van der Waals surface area contributed by atoms with Gasteiger partial charge in [-0.3, -0.25) is 0 Å². The van der Waals surface area contributed by atoms with E-state index in [2.05, 4.69) is 10.2 Å². The maximum Gasteiger partial charge on any atom is 0.125 e. The number of halogens is 1. The highest BCUT2D eigenvalue weighted by Gasteiger charge is 2.20. The van der Waals surface area contributed by atoms with Crippen LogP contribution in [0.2, 0.25) is 0 Å². The van der Waals surface area contributed by atoms with Crippen molar-refractivity contribution in [3.05, 3.63) is 29.6 Å². The molecule has 1 atom stereocenters. The van der Waals surface area contributed by atoms with Crippen LogP contribution in [0.3, 0.4) is 0 Å². The Morgan fingerprint density at radius 1 is 1.39 bits per heavy atom. The first-order valence-electron chi connectivity index (χ1n) is 7.10. The molecule has 0 amide bonds. The van der Waals surface area contributed by atoms with Gasteiger partial charge in [-0.05, 0) is 56.3 Å². The monoisotopic (exact) mass is 248 g/mol. The van der Waals surface area contributed by atoms with Gasteiger partial charge in [-0.2, -0.15) is 0 Å². The third-order valence-electron chi connectivity index (χ3n) is 4.18. The normalized spacial score (nSPS) is 22.5. The summed E-state index contributed by atoms with van der Waals surface area (Å²) in [6.45, 7) is 3.30. The van der Waals surface area contributed by atoms with E-state index in [9.17, 15) is 4.39 Å². The van der Waals surface area contributed by atoms with Crippen LogP contribution in [0.4, 0.5) is 10.1 Å². The zero-order chi connectivity index (χ0) is 12.4. The van der Waals surface area contributed by atoms with Gasteiger partial charge in [0.2, 0.25) is 0 Å². The van der Waals surface area contributed by atoms with Crippen molar-refractivity contribution >= 4 is 5.69 Å². The lowest BCUT2D eigenvalue weighted by atomic mass is 10.1. The molecule has 0 bridgehead atoms. The van der Waals surface area contributed by atoms with E-state index in [-0.39, 0.29) is 5.82 Å². The second kappa shape index (κ2) is 5.27. The molecular formula is C15H21FN2. The van der Waals surface area contributed by atoms with Gasteiger partial charge in [-0.1, -0.05) is 6.07 Å². The van der Waals surface area contributed by atoms with Gasteiger partial charge in [0.25, 0.3) is 0 Å². The van der Waals surface area contributed by atoms with Crippen molar-refractivity contribution in [2.24, 2.45) is 0 Å². The summed E-state index contributed by atoms with van der Waals surface area (Å²) < 4.78 is 13.3. The fourth-order valence-electron chi connectivity index (χ4n) is 3.18. The van der Waals surface area contributed by atoms with Gasteiger partial charge in [0, 0.05) is 24.8 Å². The van der Waals surface area contributed by atoms with Crippen LogP contribution in [0.15, 0.2) is 18.2 Å². The molecule has 1 saturated heterocycles. The average Bonchev–Trinajstić information content (AvgIpc) is 2.99. The maximum absolute atomic E-state index is 13.3. The van der Waals surface area contributed by atoms with E-state index in [4.69, 9.17) is 0 Å². The molecule has 2 aliphatic rings. The van der Waals surface area contributed by atoms with E-state index in [1.807, 2.05) is 6.07 Å². The Labute approximate surface area is 108 Å². The molecule has 1 aromatic carbocycles. The van der Waals surface area contributed by atoms with Crippen LogP contribution in [0.25, 0.3) is 0 Å². The molecule has 0 aliphatic carbocycles. The standard InChI is InChI=1S/C15H21FN2/c16-13-6-5-12-7-10-18(15(12)11-13)9-2-4-14-3-1-8-17-14/h5-6,11,14,17H,1-4,7-10H2. The lowest BCUT2D eigenvalue weighted by Crippen LogP contribution is -2.26. The van der Waals surface area contributed by atoms with Crippen molar-refractivity contribution in [1.29, 1.82) is 0 Å². The summed E-state index contributed by atoms with van der Waals surface area (Å²) in [4.78, 5) is 2.34. The first-order chi connectivity index (χ1) is 8.83. The van der Waals surface area contributed by atoms with Gasteiger partial charge >= 0.3 is 0 Å². The second-order valence-corrected chi connectivity index (χ2v) is 5.45. The number of benzene rings is 1. The second-order valence-electron chi connectivity index (χ2n) is 5.45. The molecular weight excluding hydrogens is 227 g/mol. The zero-order valence-electron chi connectivity index (χ0n) is 10.8. The molecule has 1 unspecified atom stereocenters. The van der Waals surface area contributed by atoms with Gasteiger partial charge in [-0.25, -0.2) is 4.39 Å². The van der Waals surface area contributed by atoms with Crippen molar-refractivity contribution in [3.63, 3.8) is 0 Å². The Morgan fingerprint density at radius 2 is 2.33 bits per heavy atom. The Morgan fingerprint density at radius 3 is 3.17 bits per heavy atom. The minimum Gasteiger partial charge on any atom is -0.371 e. The third-order valence-corrected chi connectivity index (χ3v) is 4.18. The van der Waals surface area contributed by atoms with Crippen molar-refractivity contribution in [2.75, 3.05) is 24.5 Å². The molecule has 0 saturated carbocycles. The molecule has 3 rings (SSSR count). The molecule has 2 aliphatic heterocycles. The summed E-state index contributed by atoms with van der Waals surface area (Å²) in [5.74, 6) is -0.113. The number of fused-ring (bicyclic) bond motifs is 1. The third kappa shape index (κ3) is 2.51. The fourth-order valence-corrected chi connectivity index (χ4v) is 3.18. The highest BCUT2D eigenvalue weighted by atomic mass is 19.1. The maximum atomic E-state index is 13.3. The van der Waals surface area contributed by atoms with Gasteiger partial charge in [0.05, 0.1) is 0 Å². The summed E-state index contributed by atoms with van der Waals surface area (Å²) in [5, 5.41) is 3.53. The first kappa shape index (κ1) is 12.0. The van der Waals surface area contributed by atoms with E-state index < -0.39 is 0 Å². The number of anilines is 1. The summed E-state index contributed by atoms with van der Waals surface area (Å²) in [6, 6.07) is 5.92. The van der Waals surface area contributed by atoms with Crippen LogP contribution < -0.4 is 10.2 Å². The first-order valence-corrected chi connectivity index (χ1v) is 7.10. The predicted octanol–water partition coefficient (Wildman–Crippen LogP) is 2.72. The number of rotatable bonds is 4. The molecule has 0 aromatic heterocycles. The minimum atomic E-state index is -0.113. The van der Waals surface area contributed by atoms with Crippen LogP contribution in [0.1, 0.15) is 31.2 Å². The molecule has 2 nitrogen and oxygen atoms in total.